The molecule has 0 aliphatic heterocycles. The van der Waals surface area contributed by atoms with E-state index in [1.807, 2.05) is 0 Å². The molecule has 1 saturated carbocycles. The summed E-state index contributed by atoms with van der Waals surface area (Å²) in [6.07, 6.45) is 7.00. The SMILES string of the molecule is C[C@@H]1CCCC[C@H]1CCN. The lowest BCUT2D eigenvalue weighted by Gasteiger charge is -2.28. The molecule has 0 radical (unpaired) electrons. The number of nitrogens with two attached hydrogens (primary N) is 1. The lowest BCUT2D eigenvalue weighted by Crippen LogP contribution is -2.19. The lowest BCUT2D eigenvalue weighted by molar-refractivity contribution is 0.245. The molecule has 1 heteroatoms. The van der Waals surface area contributed by atoms with E-state index in [9.17, 15) is 0 Å². The summed E-state index contributed by atoms with van der Waals surface area (Å²) in [4.78, 5) is 0. The van der Waals surface area contributed by atoms with Gasteiger partial charge in [0.1, 0.15) is 0 Å². The molecule has 1 fully saturated rings. The fourth-order valence-electron chi connectivity index (χ4n) is 2.04. The van der Waals surface area contributed by atoms with Crippen molar-refractivity contribution < 1.29 is 0 Å². The Kier molecular flexibility index (Phi) is 3.20. The van der Waals surface area contributed by atoms with Gasteiger partial charge >= 0.3 is 0 Å². The van der Waals surface area contributed by atoms with Crippen molar-refractivity contribution in [2.45, 2.75) is 39.0 Å². The van der Waals surface area contributed by atoms with Crippen molar-refractivity contribution in [3.05, 3.63) is 0 Å². The molecule has 1 rings (SSSR count). The predicted octanol–water partition coefficient (Wildman–Crippen LogP) is 2.16. The van der Waals surface area contributed by atoms with Crippen LogP contribution < -0.4 is 5.73 Å². The summed E-state index contributed by atoms with van der Waals surface area (Å²) in [6.45, 7) is 3.26. The topological polar surface area (TPSA) is 26.0 Å². The first-order valence-electron chi connectivity index (χ1n) is 4.54. The molecule has 1 nitrogen and oxygen atoms in total. The van der Waals surface area contributed by atoms with Gasteiger partial charge in [-0.3, -0.25) is 0 Å². The van der Waals surface area contributed by atoms with Crippen LogP contribution in [0.4, 0.5) is 0 Å². The van der Waals surface area contributed by atoms with Crippen molar-refractivity contribution in [1.82, 2.24) is 0 Å². The first-order chi connectivity index (χ1) is 4.84. The summed E-state index contributed by atoms with van der Waals surface area (Å²) in [6, 6.07) is 0. The molecule has 2 atom stereocenters. The van der Waals surface area contributed by atoms with E-state index in [0.717, 1.165) is 18.4 Å². The first-order valence-corrected chi connectivity index (χ1v) is 4.54. The Bertz CT molecular complexity index is 88.7. The minimum atomic E-state index is 0.884. The van der Waals surface area contributed by atoms with Crippen LogP contribution in [0.25, 0.3) is 0 Å². The van der Waals surface area contributed by atoms with Crippen molar-refractivity contribution in [1.29, 1.82) is 0 Å². The molecular weight excluding hydrogens is 122 g/mol. The average Bonchev–Trinajstić information content (AvgIpc) is 1.94. The van der Waals surface area contributed by atoms with Crippen LogP contribution in [0.2, 0.25) is 0 Å². The Morgan fingerprint density at radius 3 is 2.60 bits per heavy atom. The summed E-state index contributed by atoms with van der Waals surface area (Å²) in [5.41, 5.74) is 5.52. The highest BCUT2D eigenvalue weighted by Gasteiger charge is 2.19. The van der Waals surface area contributed by atoms with E-state index in [1.165, 1.54) is 32.1 Å². The number of hydrogen-bond donors (Lipinski definition) is 1. The largest absolute Gasteiger partial charge is 0.330 e. The smallest absolute Gasteiger partial charge is 0.00745 e. The van der Waals surface area contributed by atoms with Gasteiger partial charge in [0.25, 0.3) is 0 Å². The molecule has 0 spiro atoms. The van der Waals surface area contributed by atoms with Crippen LogP contribution in [0.5, 0.6) is 0 Å². The van der Waals surface area contributed by atoms with E-state index in [1.54, 1.807) is 0 Å². The van der Waals surface area contributed by atoms with E-state index >= 15 is 0 Å². The third kappa shape index (κ3) is 1.98. The number of rotatable bonds is 2. The van der Waals surface area contributed by atoms with Crippen molar-refractivity contribution in [2.24, 2.45) is 17.6 Å². The lowest BCUT2D eigenvalue weighted by atomic mass is 9.79. The van der Waals surface area contributed by atoms with Crippen LogP contribution in [0.1, 0.15) is 39.0 Å². The fourth-order valence-corrected chi connectivity index (χ4v) is 2.04. The highest BCUT2D eigenvalue weighted by Crippen LogP contribution is 2.31. The maximum absolute atomic E-state index is 5.52. The Morgan fingerprint density at radius 2 is 2.00 bits per heavy atom. The molecule has 1 aliphatic carbocycles. The molecule has 10 heavy (non-hydrogen) atoms. The van der Waals surface area contributed by atoms with Gasteiger partial charge in [-0.15, -0.1) is 0 Å². The van der Waals surface area contributed by atoms with Crippen LogP contribution in [-0.2, 0) is 0 Å². The molecule has 0 aromatic heterocycles. The fraction of sp³-hybridized carbons (Fsp3) is 1.00. The molecule has 0 unspecified atom stereocenters. The monoisotopic (exact) mass is 141 g/mol. The summed E-state index contributed by atoms with van der Waals surface area (Å²) in [5.74, 6) is 1.89. The second-order valence-electron chi connectivity index (χ2n) is 3.60. The Balaban J connectivity index is 2.25. The van der Waals surface area contributed by atoms with Crippen LogP contribution >= 0.6 is 0 Å². The van der Waals surface area contributed by atoms with Crippen molar-refractivity contribution in [3.8, 4) is 0 Å². The van der Waals surface area contributed by atoms with Crippen molar-refractivity contribution in [2.75, 3.05) is 6.54 Å². The van der Waals surface area contributed by atoms with Crippen molar-refractivity contribution >= 4 is 0 Å². The second-order valence-corrected chi connectivity index (χ2v) is 3.60. The van der Waals surface area contributed by atoms with Crippen molar-refractivity contribution in [3.63, 3.8) is 0 Å². The van der Waals surface area contributed by atoms with Gasteiger partial charge in [-0.1, -0.05) is 32.6 Å². The highest BCUT2D eigenvalue weighted by molar-refractivity contribution is 4.72. The van der Waals surface area contributed by atoms with E-state index < -0.39 is 0 Å². The van der Waals surface area contributed by atoms with Crippen LogP contribution in [0.15, 0.2) is 0 Å². The molecule has 2 N–H and O–H groups in total. The van der Waals surface area contributed by atoms with E-state index in [0.29, 0.717) is 0 Å². The maximum atomic E-state index is 5.52. The predicted molar refractivity (Wildman–Crippen MR) is 44.8 cm³/mol. The zero-order valence-electron chi connectivity index (χ0n) is 6.97. The summed E-state index contributed by atoms with van der Waals surface area (Å²) >= 11 is 0. The Hall–Kier alpha value is -0.0400. The molecule has 0 amide bonds. The second kappa shape index (κ2) is 3.97. The van der Waals surface area contributed by atoms with Gasteiger partial charge in [0, 0.05) is 0 Å². The quantitative estimate of drug-likeness (QED) is 0.626. The molecule has 0 aromatic carbocycles. The normalized spacial score (nSPS) is 34.2. The zero-order chi connectivity index (χ0) is 7.40. The third-order valence-electron chi connectivity index (χ3n) is 2.83. The van der Waals surface area contributed by atoms with Crippen LogP contribution in [0.3, 0.4) is 0 Å². The summed E-state index contributed by atoms with van der Waals surface area (Å²) in [7, 11) is 0. The van der Waals surface area contributed by atoms with Gasteiger partial charge in [-0.05, 0) is 24.8 Å². The molecule has 0 heterocycles. The van der Waals surface area contributed by atoms with Gasteiger partial charge in [-0.25, -0.2) is 0 Å². The minimum absolute atomic E-state index is 0.884. The zero-order valence-corrected chi connectivity index (χ0v) is 6.97. The summed E-state index contributed by atoms with van der Waals surface area (Å²) < 4.78 is 0. The summed E-state index contributed by atoms with van der Waals surface area (Å²) in [5, 5.41) is 0. The van der Waals surface area contributed by atoms with Crippen LogP contribution in [0, 0.1) is 11.8 Å². The Morgan fingerprint density at radius 1 is 1.30 bits per heavy atom. The van der Waals surface area contributed by atoms with E-state index in [-0.39, 0.29) is 0 Å². The third-order valence-corrected chi connectivity index (χ3v) is 2.83. The van der Waals surface area contributed by atoms with Gasteiger partial charge in [0.2, 0.25) is 0 Å². The van der Waals surface area contributed by atoms with Crippen LogP contribution in [-0.4, -0.2) is 6.54 Å². The molecule has 0 aromatic rings. The molecule has 0 saturated heterocycles. The van der Waals surface area contributed by atoms with Gasteiger partial charge in [0.05, 0.1) is 0 Å². The highest BCUT2D eigenvalue weighted by atomic mass is 14.5. The van der Waals surface area contributed by atoms with E-state index in [4.69, 9.17) is 5.73 Å². The minimum Gasteiger partial charge on any atom is -0.330 e. The molecular formula is C9H19N. The molecule has 1 aliphatic rings. The van der Waals surface area contributed by atoms with E-state index in [2.05, 4.69) is 6.92 Å². The van der Waals surface area contributed by atoms with Gasteiger partial charge < -0.3 is 5.73 Å². The molecule has 0 bridgehead atoms. The standard InChI is InChI=1S/C9H19N/c1-8-4-2-3-5-9(8)6-7-10/h8-9H,2-7,10H2,1H3/t8-,9+/m1/s1. The van der Waals surface area contributed by atoms with Gasteiger partial charge in [0.15, 0.2) is 0 Å². The average molecular weight is 141 g/mol. The number of hydrogen-bond acceptors (Lipinski definition) is 1. The molecule has 60 valence electrons. The Labute approximate surface area is 64.0 Å². The maximum Gasteiger partial charge on any atom is -0.00745 e. The first kappa shape index (κ1) is 8.06. The van der Waals surface area contributed by atoms with Gasteiger partial charge in [-0.2, -0.15) is 0 Å².